The first kappa shape index (κ1) is 15.8. The van der Waals surface area contributed by atoms with Gasteiger partial charge in [0.2, 0.25) is 0 Å². The molecule has 0 saturated carbocycles. The van der Waals surface area contributed by atoms with Crippen LogP contribution in [0.5, 0.6) is 0 Å². The summed E-state index contributed by atoms with van der Waals surface area (Å²) in [5.74, 6) is 0.233. The predicted octanol–water partition coefficient (Wildman–Crippen LogP) is 1.66. The van der Waals surface area contributed by atoms with E-state index in [1.54, 1.807) is 0 Å². The molecule has 0 radical (unpaired) electrons. The SMILES string of the molecule is Cl.O=C(O)CCN(CCCl)CCCl. The molecule has 0 heterocycles. The molecular formula is C7H14Cl3NO2. The van der Waals surface area contributed by atoms with Crippen LogP contribution in [0.15, 0.2) is 0 Å². The van der Waals surface area contributed by atoms with Gasteiger partial charge >= 0.3 is 5.97 Å². The summed E-state index contributed by atoms with van der Waals surface area (Å²) in [6.07, 6.45) is 0.147. The summed E-state index contributed by atoms with van der Waals surface area (Å²) >= 11 is 11.0. The van der Waals surface area contributed by atoms with Gasteiger partial charge < -0.3 is 10.0 Å². The van der Waals surface area contributed by atoms with Crippen LogP contribution in [0.25, 0.3) is 0 Å². The highest BCUT2D eigenvalue weighted by Crippen LogP contribution is 1.94. The zero-order valence-corrected chi connectivity index (χ0v) is 9.54. The molecule has 1 N–H and O–H groups in total. The summed E-state index contributed by atoms with van der Waals surface area (Å²) in [7, 11) is 0. The van der Waals surface area contributed by atoms with Crippen molar-refractivity contribution >= 4 is 41.6 Å². The molecule has 13 heavy (non-hydrogen) atoms. The predicted molar refractivity (Wildman–Crippen MR) is 57.4 cm³/mol. The van der Waals surface area contributed by atoms with Crippen LogP contribution in [0.1, 0.15) is 6.42 Å². The van der Waals surface area contributed by atoms with Crippen LogP contribution in [0.2, 0.25) is 0 Å². The Morgan fingerprint density at radius 2 is 1.62 bits per heavy atom. The number of hydrogen-bond donors (Lipinski definition) is 1. The van der Waals surface area contributed by atoms with Crippen molar-refractivity contribution in [1.29, 1.82) is 0 Å². The van der Waals surface area contributed by atoms with Crippen LogP contribution in [-0.4, -0.2) is 47.4 Å². The van der Waals surface area contributed by atoms with Crippen molar-refractivity contribution in [2.45, 2.75) is 6.42 Å². The molecular weight excluding hydrogens is 236 g/mol. The summed E-state index contributed by atoms with van der Waals surface area (Å²) in [4.78, 5) is 12.2. The fourth-order valence-electron chi connectivity index (χ4n) is 0.828. The smallest absolute Gasteiger partial charge is 0.304 e. The fraction of sp³-hybridized carbons (Fsp3) is 0.857. The molecule has 3 nitrogen and oxygen atoms in total. The number of nitrogens with zero attached hydrogens (tertiary/aromatic N) is 1. The Balaban J connectivity index is 0. The monoisotopic (exact) mass is 249 g/mol. The molecule has 0 aliphatic carbocycles. The number of carboxylic acid groups (broad SMARTS) is 1. The Hall–Kier alpha value is 0.300. The number of alkyl halides is 2. The average Bonchev–Trinajstić information content (AvgIpc) is 2.01. The van der Waals surface area contributed by atoms with Gasteiger partial charge in [0.05, 0.1) is 6.42 Å². The summed E-state index contributed by atoms with van der Waals surface area (Å²) < 4.78 is 0. The second-order valence-corrected chi connectivity index (χ2v) is 3.12. The number of hydrogen-bond acceptors (Lipinski definition) is 2. The van der Waals surface area contributed by atoms with Crippen molar-refractivity contribution in [3.63, 3.8) is 0 Å². The molecule has 0 bridgehead atoms. The third-order valence-corrected chi connectivity index (χ3v) is 1.78. The van der Waals surface area contributed by atoms with Crippen molar-refractivity contribution < 1.29 is 9.90 Å². The minimum atomic E-state index is -0.788. The Morgan fingerprint density at radius 1 is 1.15 bits per heavy atom. The summed E-state index contributed by atoms with van der Waals surface area (Å²) in [5.41, 5.74) is 0. The molecule has 0 aromatic heterocycles. The first-order valence-electron chi connectivity index (χ1n) is 3.76. The lowest BCUT2D eigenvalue weighted by Gasteiger charge is -2.18. The first-order chi connectivity index (χ1) is 5.70. The van der Waals surface area contributed by atoms with Crippen molar-refractivity contribution in [3.8, 4) is 0 Å². The van der Waals surface area contributed by atoms with Crippen molar-refractivity contribution in [3.05, 3.63) is 0 Å². The maximum absolute atomic E-state index is 10.2. The van der Waals surface area contributed by atoms with E-state index in [9.17, 15) is 4.79 Å². The van der Waals surface area contributed by atoms with Gasteiger partial charge in [-0.05, 0) is 0 Å². The van der Waals surface area contributed by atoms with Gasteiger partial charge in [-0.15, -0.1) is 35.6 Å². The molecule has 0 atom stereocenters. The Kier molecular flexibility index (Phi) is 12.6. The van der Waals surface area contributed by atoms with Crippen molar-refractivity contribution in [2.24, 2.45) is 0 Å². The Labute approximate surface area is 94.4 Å². The van der Waals surface area contributed by atoms with E-state index in [1.165, 1.54) is 0 Å². The van der Waals surface area contributed by atoms with Crippen LogP contribution in [0.3, 0.4) is 0 Å². The van der Waals surface area contributed by atoms with Crippen molar-refractivity contribution in [1.82, 2.24) is 4.90 Å². The third kappa shape index (κ3) is 10.2. The van der Waals surface area contributed by atoms with Crippen LogP contribution in [0, 0.1) is 0 Å². The van der Waals surface area contributed by atoms with Crippen LogP contribution in [0.4, 0.5) is 0 Å². The van der Waals surface area contributed by atoms with Gasteiger partial charge in [-0.1, -0.05) is 0 Å². The molecule has 0 amide bonds. The zero-order valence-electron chi connectivity index (χ0n) is 7.21. The molecule has 0 rings (SSSR count). The second kappa shape index (κ2) is 10.4. The third-order valence-electron chi connectivity index (χ3n) is 1.44. The summed E-state index contributed by atoms with van der Waals surface area (Å²) in [5, 5.41) is 8.41. The molecule has 0 aromatic rings. The lowest BCUT2D eigenvalue weighted by atomic mass is 10.4. The summed E-state index contributed by atoms with van der Waals surface area (Å²) in [6.45, 7) is 1.91. The highest BCUT2D eigenvalue weighted by molar-refractivity contribution is 6.18. The Morgan fingerprint density at radius 3 is 1.92 bits per heavy atom. The standard InChI is InChI=1S/C7H13Cl2NO2.ClH/c8-2-5-10(6-3-9)4-1-7(11)12;/h1-6H2,(H,11,12);1H. The molecule has 0 spiro atoms. The van der Waals surface area contributed by atoms with Gasteiger partial charge in [0.25, 0.3) is 0 Å². The topological polar surface area (TPSA) is 40.5 Å². The number of halogens is 3. The second-order valence-electron chi connectivity index (χ2n) is 2.36. The number of rotatable bonds is 7. The maximum Gasteiger partial charge on any atom is 0.304 e. The Bertz CT molecular complexity index is 129. The maximum atomic E-state index is 10.2. The summed E-state index contributed by atoms with van der Waals surface area (Å²) in [6, 6.07) is 0. The quantitative estimate of drug-likeness (QED) is 0.699. The van der Waals surface area contributed by atoms with Gasteiger partial charge in [-0.2, -0.15) is 0 Å². The van der Waals surface area contributed by atoms with Crippen molar-refractivity contribution in [2.75, 3.05) is 31.4 Å². The normalized spacial score (nSPS) is 9.77. The molecule has 80 valence electrons. The van der Waals surface area contributed by atoms with E-state index in [2.05, 4.69) is 0 Å². The first-order valence-corrected chi connectivity index (χ1v) is 4.83. The lowest BCUT2D eigenvalue weighted by Crippen LogP contribution is -2.30. The molecule has 0 fully saturated rings. The number of carboxylic acids is 1. The molecule has 0 saturated heterocycles. The highest BCUT2D eigenvalue weighted by atomic mass is 35.5. The van der Waals surface area contributed by atoms with Gasteiger partial charge in [-0.25, -0.2) is 0 Å². The van der Waals surface area contributed by atoms with E-state index in [1.807, 2.05) is 4.90 Å². The van der Waals surface area contributed by atoms with E-state index >= 15 is 0 Å². The average molecular weight is 251 g/mol. The minimum Gasteiger partial charge on any atom is -0.481 e. The van der Waals surface area contributed by atoms with Crippen LogP contribution < -0.4 is 0 Å². The van der Waals surface area contributed by atoms with Gasteiger partial charge in [0, 0.05) is 31.4 Å². The van der Waals surface area contributed by atoms with E-state index in [-0.39, 0.29) is 18.8 Å². The lowest BCUT2D eigenvalue weighted by molar-refractivity contribution is -0.137. The molecule has 6 heteroatoms. The van der Waals surface area contributed by atoms with Gasteiger partial charge in [-0.3, -0.25) is 4.79 Å². The molecule has 0 aliphatic rings. The number of aliphatic carboxylic acids is 1. The van der Waals surface area contributed by atoms with Crippen LogP contribution >= 0.6 is 35.6 Å². The highest BCUT2D eigenvalue weighted by Gasteiger charge is 2.05. The minimum absolute atomic E-state index is 0. The number of carbonyl (C=O) groups is 1. The van der Waals surface area contributed by atoms with Gasteiger partial charge in [0.1, 0.15) is 0 Å². The van der Waals surface area contributed by atoms with E-state index in [0.717, 1.165) is 0 Å². The van der Waals surface area contributed by atoms with Gasteiger partial charge in [0.15, 0.2) is 0 Å². The van der Waals surface area contributed by atoms with E-state index in [0.29, 0.717) is 31.4 Å². The molecule has 0 unspecified atom stereocenters. The van der Waals surface area contributed by atoms with E-state index in [4.69, 9.17) is 28.3 Å². The molecule has 0 aliphatic heterocycles. The van der Waals surface area contributed by atoms with E-state index < -0.39 is 5.97 Å². The fourth-order valence-corrected chi connectivity index (χ4v) is 1.31. The molecule has 0 aromatic carbocycles. The zero-order chi connectivity index (χ0) is 9.40. The largest absolute Gasteiger partial charge is 0.481 e. The van der Waals surface area contributed by atoms with Crippen LogP contribution in [-0.2, 0) is 4.79 Å².